The summed E-state index contributed by atoms with van der Waals surface area (Å²) in [6.07, 6.45) is 2.36. The zero-order chi connectivity index (χ0) is 16.6. The molecule has 0 bridgehead atoms. The molecule has 1 heterocycles. The number of anilines is 1. The van der Waals surface area contributed by atoms with E-state index in [9.17, 15) is 4.79 Å². The van der Waals surface area contributed by atoms with Crippen LogP contribution in [0.1, 0.15) is 37.1 Å². The molecular formula is C16H19ClN4OS. The second-order valence-corrected chi connectivity index (χ2v) is 7.55. The Balaban J connectivity index is 1.67. The Kier molecular flexibility index (Phi) is 4.64. The number of nitrogens with zero attached hydrogens (tertiary/aromatic N) is 3. The Morgan fingerprint density at radius 1 is 1.43 bits per heavy atom. The highest BCUT2D eigenvalue weighted by atomic mass is 35.5. The van der Waals surface area contributed by atoms with E-state index in [2.05, 4.69) is 15.5 Å². The number of carbonyl (C=O) groups is 1. The molecule has 23 heavy (non-hydrogen) atoms. The summed E-state index contributed by atoms with van der Waals surface area (Å²) in [6.45, 7) is 3.76. The average Bonchev–Trinajstić information content (AvgIpc) is 3.30. The number of aromatic nitrogens is 3. The molecule has 1 saturated carbocycles. The summed E-state index contributed by atoms with van der Waals surface area (Å²) in [5, 5.41) is 12.5. The fourth-order valence-corrected chi connectivity index (χ4v) is 3.31. The summed E-state index contributed by atoms with van der Waals surface area (Å²) in [6, 6.07) is 5.49. The van der Waals surface area contributed by atoms with E-state index >= 15 is 0 Å². The predicted molar refractivity (Wildman–Crippen MR) is 93.1 cm³/mol. The molecule has 1 aromatic heterocycles. The van der Waals surface area contributed by atoms with Crippen LogP contribution in [0.4, 0.5) is 5.69 Å². The third-order valence-electron chi connectivity index (χ3n) is 3.99. The van der Waals surface area contributed by atoms with Crippen LogP contribution in [-0.2, 0) is 11.8 Å². The number of amides is 1. The first-order chi connectivity index (χ1) is 11.0. The first-order valence-electron chi connectivity index (χ1n) is 7.59. The Morgan fingerprint density at radius 2 is 2.17 bits per heavy atom. The van der Waals surface area contributed by atoms with Crippen LogP contribution in [-0.4, -0.2) is 25.9 Å². The molecule has 3 rings (SSSR count). The van der Waals surface area contributed by atoms with Crippen LogP contribution < -0.4 is 5.32 Å². The lowest BCUT2D eigenvalue weighted by molar-refractivity contribution is -0.115. The van der Waals surface area contributed by atoms with Gasteiger partial charge in [0, 0.05) is 23.7 Å². The smallest absolute Gasteiger partial charge is 0.237 e. The van der Waals surface area contributed by atoms with Crippen molar-refractivity contribution in [2.45, 2.75) is 43.0 Å². The lowest BCUT2D eigenvalue weighted by atomic mass is 10.2. The van der Waals surface area contributed by atoms with Crippen molar-refractivity contribution in [3.05, 3.63) is 34.6 Å². The van der Waals surface area contributed by atoms with Crippen molar-refractivity contribution < 1.29 is 4.79 Å². The number of benzene rings is 1. The van der Waals surface area contributed by atoms with Crippen LogP contribution in [0.15, 0.2) is 23.4 Å². The predicted octanol–water partition coefficient (Wildman–Crippen LogP) is 3.77. The van der Waals surface area contributed by atoms with Gasteiger partial charge in [-0.15, -0.1) is 10.2 Å². The highest BCUT2D eigenvalue weighted by molar-refractivity contribution is 8.00. The first kappa shape index (κ1) is 16.3. The summed E-state index contributed by atoms with van der Waals surface area (Å²) in [5.74, 6) is 1.49. The van der Waals surface area contributed by atoms with E-state index in [1.807, 2.05) is 43.7 Å². The third kappa shape index (κ3) is 3.53. The van der Waals surface area contributed by atoms with E-state index in [-0.39, 0.29) is 11.2 Å². The number of halogens is 1. The first-order valence-corrected chi connectivity index (χ1v) is 8.85. The van der Waals surface area contributed by atoms with Crippen LogP contribution >= 0.6 is 23.4 Å². The van der Waals surface area contributed by atoms with E-state index in [4.69, 9.17) is 11.6 Å². The van der Waals surface area contributed by atoms with Crippen LogP contribution in [0.2, 0.25) is 5.02 Å². The Hall–Kier alpha value is -1.53. The van der Waals surface area contributed by atoms with Crippen LogP contribution in [0.25, 0.3) is 0 Å². The SMILES string of the molecule is Cc1c(Cl)cccc1NC(=O)[C@H](C)Sc1nnc(C2CC2)n1C. The van der Waals surface area contributed by atoms with E-state index in [0.29, 0.717) is 10.9 Å². The minimum Gasteiger partial charge on any atom is -0.325 e. The standard InChI is InChI=1S/C16H19ClN4OS/c1-9-12(17)5-4-6-13(9)18-15(22)10(2)23-16-20-19-14(21(16)3)11-7-8-11/h4-6,10-11H,7-8H2,1-3H3,(H,18,22)/t10-/m0/s1. The van der Waals surface area contributed by atoms with E-state index < -0.39 is 0 Å². The molecule has 1 atom stereocenters. The summed E-state index contributed by atoms with van der Waals surface area (Å²) in [5.41, 5.74) is 1.61. The van der Waals surface area contributed by atoms with Crippen molar-refractivity contribution in [1.82, 2.24) is 14.8 Å². The molecule has 5 nitrogen and oxygen atoms in total. The molecule has 7 heteroatoms. The summed E-state index contributed by atoms with van der Waals surface area (Å²) >= 11 is 7.51. The molecule has 0 saturated heterocycles. The van der Waals surface area contributed by atoms with Crippen molar-refractivity contribution in [2.24, 2.45) is 7.05 Å². The van der Waals surface area contributed by atoms with Gasteiger partial charge in [0.1, 0.15) is 5.82 Å². The minimum atomic E-state index is -0.275. The van der Waals surface area contributed by atoms with Crippen molar-refractivity contribution in [1.29, 1.82) is 0 Å². The average molecular weight is 351 g/mol. The molecule has 2 aromatic rings. The normalized spacial score (nSPS) is 15.5. The number of thioether (sulfide) groups is 1. The van der Waals surface area contributed by atoms with Crippen LogP contribution in [0.3, 0.4) is 0 Å². The Bertz CT molecular complexity index is 742. The maximum absolute atomic E-state index is 12.4. The van der Waals surface area contributed by atoms with E-state index in [1.165, 1.54) is 24.6 Å². The molecule has 0 radical (unpaired) electrons. The van der Waals surface area contributed by atoms with Gasteiger partial charge in [0.25, 0.3) is 0 Å². The second-order valence-electron chi connectivity index (χ2n) is 5.84. The largest absolute Gasteiger partial charge is 0.325 e. The summed E-state index contributed by atoms with van der Waals surface area (Å²) in [7, 11) is 1.96. The summed E-state index contributed by atoms with van der Waals surface area (Å²) in [4.78, 5) is 12.4. The van der Waals surface area contributed by atoms with Crippen molar-refractivity contribution in [3.63, 3.8) is 0 Å². The van der Waals surface area contributed by atoms with Gasteiger partial charge >= 0.3 is 0 Å². The lowest BCUT2D eigenvalue weighted by Gasteiger charge is -2.13. The number of carbonyl (C=O) groups excluding carboxylic acids is 1. The third-order valence-corrected chi connectivity index (χ3v) is 5.53. The fraction of sp³-hybridized carbons (Fsp3) is 0.438. The number of hydrogen-bond acceptors (Lipinski definition) is 4. The van der Waals surface area contributed by atoms with Crippen molar-refractivity contribution in [2.75, 3.05) is 5.32 Å². The second kappa shape index (κ2) is 6.53. The topological polar surface area (TPSA) is 59.8 Å². The molecular weight excluding hydrogens is 332 g/mol. The number of nitrogens with one attached hydrogen (secondary N) is 1. The molecule has 0 unspecified atom stereocenters. The van der Waals surface area contributed by atoms with Gasteiger partial charge in [-0.2, -0.15) is 0 Å². The molecule has 0 spiro atoms. The highest BCUT2D eigenvalue weighted by Gasteiger charge is 2.30. The molecule has 0 aliphatic heterocycles. The zero-order valence-corrected chi connectivity index (χ0v) is 14.9. The Morgan fingerprint density at radius 3 is 2.87 bits per heavy atom. The van der Waals surface area contributed by atoms with Gasteiger partial charge in [0.2, 0.25) is 5.91 Å². The van der Waals surface area contributed by atoms with Gasteiger partial charge in [0.15, 0.2) is 5.16 Å². The van der Waals surface area contributed by atoms with Gasteiger partial charge in [0.05, 0.1) is 5.25 Å². The zero-order valence-electron chi connectivity index (χ0n) is 13.3. The molecule has 1 N–H and O–H groups in total. The number of hydrogen-bond donors (Lipinski definition) is 1. The molecule has 1 aromatic carbocycles. The van der Waals surface area contributed by atoms with Gasteiger partial charge in [-0.3, -0.25) is 4.79 Å². The van der Waals surface area contributed by atoms with Crippen molar-refractivity contribution >= 4 is 35.0 Å². The van der Waals surface area contributed by atoms with Gasteiger partial charge in [-0.05, 0) is 44.4 Å². The van der Waals surface area contributed by atoms with E-state index in [0.717, 1.165) is 22.2 Å². The molecule has 1 aliphatic rings. The monoisotopic (exact) mass is 350 g/mol. The maximum atomic E-state index is 12.4. The van der Waals surface area contributed by atoms with Gasteiger partial charge < -0.3 is 9.88 Å². The fourth-order valence-electron chi connectivity index (χ4n) is 2.31. The quantitative estimate of drug-likeness (QED) is 0.834. The molecule has 1 amide bonds. The Labute approximate surface area is 144 Å². The minimum absolute atomic E-state index is 0.0728. The van der Waals surface area contributed by atoms with Crippen LogP contribution in [0.5, 0.6) is 0 Å². The number of rotatable bonds is 5. The molecule has 1 fully saturated rings. The van der Waals surface area contributed by atoms with Crippen LogP contribution in [0, 0.1) is 6.92 Å². The molecule has 122 valence electrons. The maximum Gasteiger partial charge on any atom is 0.237 e. The lowest BCUT2D eigenvalue weighted by Crippen LogP contribution is -2.23. The van der Waals surface area contributed by atoms with E-state index in [1.54, 1.807) is 0 Å². The van der Waals surface area contributed by atoms with Gasteiger partial charge in [-0.1, -0.05) is 29.4 Å². The van der Waals surface area contributed by atoms with Crippen molar-refractivity contribution in [3.8, 4) is 0 Å². The summed E-state index contributed by atoms with van der Waals surface area (Å²) < 4.78 is 2.00. The molecule has 1 aliphatic carbocycles. The van der Waals surface area contributed by atoms with Gasteiger partial charge in [-0.25, -0.2) is 0 Å². The highest BCUT2D eigenvalue weighted by Crippen LogP contribution is 2.39.